The highest BCUT2D eigenvalue weighted by Crippen LogP contribution is 2.29. The molecule has 1 aliphatic rings. The van der Waals surface area contributed by atoms with Gasteiger partial charge in [0.1, 0.15) is 21.5 Å². The summed E-state index contributed by atoms with van der Waals surface area (Å²) in [6.07, 6.45) is -0.760. The molecule has 6 nitrogen and oxygen atoms in total. The maximum absolute atomic E-state index is 12.5. The molecule has 1 aromatic heterocycles. The molecule has 1 amide bonds. The molecule has 1 aromatic rings. The maximum Gasteiger partial charge on any atom is 0.410 e. The third kappa shape index (κ3) is 5.58. The molecular weight excluding hydrogens is 398 g/mol. The Morgan fingerprint density at radius 2 is 2.21 bits per heavy atom. The molecule has 0 aliphatic carbocycles. The predicted molar refractivity (Wildman–Crippen MR) is 96.3 cm³/mol. The Kier molecular flexibility index (Phi) is 6.47. The van der Waals surface area contributed by atoms with Gasteiger partial charge in [-0.3, -0.25) is 0 Å². The zero-order valence-electron chi connectivity index (χ0n) is 14.3. The monoisotopic (exact) mass is 419 g/mol. The van der Waals surface area contributed by atoms with Gasteiger partial charge in [-0.1, -0.05) is 11.6 Å². The van der Waals surface area contributed by atoms with E-state index in [0.29, 0.717) is 29.4 Å². The van der Waals surface area contributed by atoms with Crippen molar-refractivity contribution >= 4 is 33.6 Å². The van der Waals surface area contributed by atoms with Gasteiger partial charge in [0, 0.05) is 6.54 Å². The van der Waals surface area contributed by atoms with E-state index in [1.54, 1.807) is 11.0 Å². The molecule has 8 heteroatoms. The van der Waals surface area contributed by atoms with Crippen LogP contribution in [0.3, 0.4) is 0 Å². The lowest BCUT2D eigenvalue weighted by Crippen LogP contribution is -2.51. The van der Waals surface area contributed by atoms with Gasteiger partial charge in [-0.2, -0.15) is 0 Å². The zero-order valence-corrected chi connectivity index (χ0v) is 16.6. The van der Waals surface area contributed by atoms with Gasteiger partial charge in [-0.25, -0.2) is 9.78 Å². The summed E-state index contributed by atoms with van der Waals surface area (Å²) in [6.45, 7) is 7.08. The van der Waals surface area contributed by atoms with E-state index in [-0.39, 0.29) is 18.3 Å². The van der Waals surface area contributed by atoms with Crippen molar-refractivity contribution in [3.8, 4) is 0 Å². The minimum absolute atomic E-state index is 0.132. The van der Waals surface area contributed by atoms with E-state index < -0.39 is 5.60 Å². The van der Waals surface area contributed by atoms with Gasteiger partial charge in [-0.05, 0) is 61.4 Å². The van der Waals surface area contributed by atoms with Gasteiger partial charge >= 0.3 is 6.09 Å². The van der Waals surface area contributed by atoms with Crippen LogP contribution in [0.2, 0.25) is 5.15 Å². The first-order valence-electron chi connectivity index (χ1n) is 7.79. The third-order valence-corrected chi connectivity index (χ3v) is 4.01. The van der Waals surface area contributed by atoms with E-state index in [0.717, 1.165) is 5.56 Å². The molecular formula is C16H23BrClN3O3. The molecule has 2 rings (SSSR count). The number of aromatic nitrogens is 1. The highest BCUT2D eigenvalue weighted by molar-refractivity contribution is 9.10. The highest BCUT2D eigenvalue weighted by atomic mass is 79.9. The van der Waals surface area contributed by atoms with Gasteiger partial charge in [0.2, 0.25) is 0 Å². The van der Waals surface area contributed by atoms with Gasteiger partial charge in [0.15, 0.2) is 0 Å². The fourth-order valence-corrected chi connectivity index (χ4v) is 3.28. The Hall–Kier alpha value is -0.890. The van der Waals surface area contributed by atoms with Crippen molar-refractivity contribution in [2.24, 2.45) is 0 Å². The van der Waals surface area contributed by atoms with Crippen molar-refractivity contribution < 1.29 is 14.3 Å². The summed E-state index contributed by atoms with van der Waals surface area (Å²) in [7, 11) is 1.85. The van der Waals surface area contributed by atoms with Crippen LogP contribution in [-0.4, -0.2) is 54.4 Å². The molecule has 1 N–H and O–H groups in total. The molecule has 2 heterocycles. The summed E-state index contributed by atoms with van der Waals surface area (Å²) in [5.74, 6) is 0. The first-order chi connectivity index (χ1) is 11.2. The molecule has 0 unspecified atom stereocenters. The summed E-state index contributed by atoms with van der Waals surface area (Å²) < 4.78 is 12.2. The van der Waals surface area contributed by atoms with Crippen molar-refractivity contribution in [3.63, 3.8) is 0 Å². The molecule has 1 saturated heterocycles. The average Bonchev–Trinajstić information content (AvgIpc) is 2.44. The Bertz CT molecular complexity index is 574. The van der Waals surface area contributed by atoms with Gasteiger partial charge in [0.25, 0.3) is 0 Å². The molecule has 0 bridgehead atoms. The summed E-state index contributed by atoms with van der Waals surface area (Å²) in [4.78, 5) is 18.2. The molecule has 1 fully saturated rings. The number of morpholine rings is 1. The molecule has 134 valence electrons. The number of ether oxygens (including phenoxy) is 2. The second-order valence-electron chi connectivity index (χ2n) is 6.74. The van der Waals surface area contributed by atoms with Crippen LogP contribution >= 0.6 is 27.5 Å². The van der Waals surface area contributed by atoms with E-state index in [4.69, 9.17) is 21.1 Å². The van der Waals surface area contributed by atoms with Crippen molar-refractivity contribution in [3.05, 3.63) is 27.5 Å². The lowest BCUT2D eigenvalue weighted by atomic mass is 10.1. The fourth-order valence-electron chi connectivity index (χ4n) is 2.51. The molecule has 24 heavy (non-hydrogen) atoms. The molecule has 0 radical (unpaired) electrons. The maximum atomic E-state index is 12.5. The Balaban J connectivity index is 2.20. The molecule has 0 aromatic carbocycles. The van der Waals surface area contributed by atoms with E-state index in [9.17, 15) is 4.79 Å². The fraction of sp³-hybridized carbons (Fsp3) is 0.625. The van der Waals surface area contributed by atoms with Crippen LogP contribution in [0.1, 0.15) is 32.4 Å². The minimum atomic E-state index is -0.535. The molecule has 1 aliphatic heterocycles. The zero-order chi connectivity index (χ0) is 17.9. The van der Waals surface area contributed by atoms with Crippen molar-refractivity contribution in [2.45, 2.75) is 38.6 Å². The molecule has 2 atom stereocenters. The number of halogens is 2. The first kappa shape index (κ1) is 19.4. The van der Waals surface area contributed by atoms with E-state index in [1.807, 2.05) is 33.9 Å². The van der Waals surface area contributed by atoms with Crippen LogP contribution in [0.25, 0.3) is 0 Å². The summed E-state index contributed by atoms with van der Waals surface area (Å²) in [5.41, 5.74) is 0.336. The number of pyridine rings is 1. The largest absolute Gasteiger partial charge is 0.444 e. The number of amides is 1. The van der Waals surface area contributed by atoms with Crippen LogP contribution in [-0.2, 0) is 9.47 Å². The minimum Gasteiger partial charge on any atom is -0.444 e. The van der Waals surface area contributed by atoms with E-state index in [1.165, 1.54) is 0 Å². The quantitative estimate of drug-likeness (QED) is 0.759. The second-order valence-corrected chi connectivity index (χ2v) is 7.94. The second kappa shape index (κ2) is 7.99. The number of rotatable bonds is 3. The van der Waals surface area contributed by atoms with Crippen LogP contribution in [0.4, 0.5) is 4.79 Å². The molecule has 0 saturated carbocycles. The SMILES string of the molecule is CNC[C@@H]1CN(C(=O)OC(C)(C)C)C[C@@H](c2cc(Cl)nc(Br)c2)O1. The number of hydrogen-bond acceptors (Lipinski definition) is 5. The third-order valence-electron chi connectivity index (χ3n) is 3.41. The van der Waals surface area contributed by atoms with Crippen LogP contribution in [0.15, 0.2) is 16.7 Å². The van der Waals surface area contributed by atoms with Crippen molar-refractivity contribution in [1.29, 1.82) is 0 Å². The summed E-state index contributed by atoms with van der Waals surface area (Å²) in [5, 5.41) is 3.47. The van der Waals surface area contributed by atoms with E-state index >= 15 is 0 Å². The Morgan fingerprint density at radius 3 is 2.79 bits per heavy atom. The van der Waals surface area contributed by atoms with Crippen LogP contribution < -0.4 is 5.32 Å². The van der Waals surface area contributed by atoms with Gasteiger partial charge < -0.3 is 19.7 Å². The predicted octanol–water partition coefficient (Wildman–Crippen LogP) is 3.39. The number of nitrogens with zero attached hydrogens (tertiary/aromatic N) is 2. The van der Waals surface area contributed by atoms with Gasteiger partial charge in [0.05, 0.1) is 19.2 Å². The normalized spacial score (nSPS) is 21.7. The number of likely N-dealkylation sites (N-methyl/N-ethyl adjacent to an activating group) is 1. The summed E-state index contributed by atoms with van der Waals surface area (Å²) in [6, 6.07) is 3.61. The topological polar surface area (TPSA) is 63.7 Å². The number of hydrogen-bond donors (Lipinski definition) is 1. The number of carbonyl (C=O) groups is 1. The van der Waals surface area contributed by atoms with Crippen molar-refractivity contribution in [2.75, 3.05) is 26.7 Å². The number of nitrogens with one attached hydrogen (secondary N) is 1. The lowest BCUT2D eigenvalue weighted by molar-refractivity contribution is -0.0871. The Morgan fingerprint density at radius 1 is 1.50 bits per heavy atom. The average molecular weight is 421 g/mol. The van der Waals surface area contributed by atoms with Crippen LogP contribution in [0.5, 0.6) is 0 Å². The first-order valence-corrected chi connectivity index (χ1v) is 8.96. The smallest absolute Gasteiger partial charge is 0.410 e. The van der Waals surface area contributed by atoms with Gasteiger partial charge in [-0.15, -0.1) is 0 Å². The standard InChI is InChI=1S/C16H23BrClN3O3/c1-16(2,3)24-15(22)21-8-11(7-19-4)23-12(9-21)10-5-13(17)20-14(18)6-10/h5-6,11-12,19H,7-9H2,1-4H3/t11-,12+/m1/s1. The van der Waals surface area contributed by atoms with Crippen LogP contribution in [0, 0.1) is 0 Å². The number of carbonyl (C=O) groups excluding carboxylic acids is 1. The lowest BCUT2D eigenvalue weighted by Gasteiger charge is -2.38. The highest BCUT2D eigenvalue weighted by Gasteiger charge is 2.33. The van der Waals surface area contributed by atoms with E-state index in [2.05, 4.69) is 26.2 Å². The Labute approximate surface area is 156 Å². The molecule has 0 spiro atoms. The van der Waals surface area contributed by atoms with Crippen molar-refractivity contribution in [1.82, 2.24) is 15.2 Å². The summed E-state index contributed by atoms with van der Waals surface area (Å²) >= 11 is 9.38.